The van der Waals surface area contributed by atoms with Crippen molar-refractivity contribution in [3.8, 4) is 11.4 Å². The van der Waals surface area contributed by atoms with Crippen LogP contribution in [0.2, 0.25) is 0 Å². The van der Waals surface area contributed by atoms with E-state index in [1.54, 1.807) is 6.20 Å². The van der Waals surface area contributed by atoms with Crippen molar-refractivity contribution in [3.63, 3.8) is 0 Å². The van der Waals surface area contributed by atoms with Gasteiger partial charge in [-0.1, -0.05) is 0 Å². The highest BCUT2D eigenvalue weighted by molar-refractivity contribution is 7.84. The molecule has 3 heterocycles. The zero-order chi connectivity index (χ0) is 19.7. The van der Waals surface area contributed by atoms with Crippen LogP contribution in [0.4, 0.5) is 0 Å². The molecule has 1 N–H and O–H groups in total. The molecule has 0 aliphatic carbocycles. The Morgan fingerprint density at radius 1 is 1.21 bits per heavy atom. The van der Waals surface area contributed by atoms with Gasteiger partial charge in [0, 0.05) is 35.4 Å². The summed E-state index contributed by atoms with van der Waals surface area (Å²) in [6, 6.07) is 9.89. The van der Waals surface area contributed by atoms with Crippen LogP contribution in [0.5, 0.6) is 5.75 Å². The molecule has 0 bridgehead atoms. The van der Waals surface area contributed by atoms with Gasteiger partial charge in [-0.3, -0.25) is 9.19 Å². The maximum absolute atomic E-state index is 12.9. The molecule has 4 rings (SSSR count). The third-order valence-electron chi connectivity index (χ3n) is 4.66. The summed E-state index contributed by atoms with van der Waals surface area (Å²) in [6.07, 6.45) is 5.74. The first-order valence-electron chi connectivity index (χ1n) is 9.16. The fourth-order valence-corrected chi connectivity index (χ4v) is 4.31. The largest absolute Gasteiger partial charge is 0.493 e. The summed E-state index contributed by atoms with van der Waals surface area (Å²) in [5, 5.41) is 0.458. The molecule has 7 heteroatoms. The monoisotopic (exact) mass is 394 g/mol. The summed E-state index contributed by atoms with van der Waals surface area (Å²) in [7, 11) is -1.33. The maximum Gasteiger partial charge on any atom is 0.197 e. The summed E-state index contributed by atoms with van der Waals surface area (Å²) in [5.41, 5.74) is 5.36. The molecule has 0 aliphatic heterocycles. The predicted molar refractivity (Wildman–Crippen MR) is 110 cm³/mol. The number of aryl methyl sites for hydroxylation is 1. The van der Waals surface area contributed by atoms with Gasteiger partial charge in [-0.15, -0.1) is 0 Å². The normalized spacial score (nSPS) is 12.4. The third kappa shape index (κ3) is 3.45. The van der Waals surface area contributed by atoms with Gasteiger partial charge in [-0.05, 0) is 51.1 Å². The predicted octanol–water partition coefficient (Wildman–Crippen LogP) is 4.07. The van der Waals surface area contributed by atoms with E-state index in [0.29, 0.717) is 11.8 Å². The fraction of sp³-hybridized carbons (Fsp3) is 0.238. The van der Waals surface area contributed by atoms with Gasteiger partial charge in [0.2, 0.25) is 0 Å². The van der Waals surface area contributed by atoms with Gasteiger partial charge < -0.3 is 14.3 Å². The number of aromatic amines is 1. The summed E-state index contributed by atoms with van der Waals surface area (Å²) >= 11 is 0. The van der Waals surface area contributed by atoms with Gasteiger partial charge in [-0.25, -0.2) is 4.98 Å². The molecule has 0 saturated carbocycles. The number of H-pyrrole nitrogens is 1. The smallest absolute Gasteiger partial charge is 0.197 e. The Morgan fingerprint density at radius 2 is 2.00 bits per heavy atom. The van der Waals surface area contributed by atoms with Crippen molar-refractivity contribution in [1.82, 2.24) is 19.5 Å². The molecule has 6 nitrogen and oxygen atoms in total. The van der Waals surface area contributed by atoms with Crippen molar-refractivity contribution in [3.05, 3.63) is 65.7 Å². The lowest BCUT2D eigenvalue weighted by Gasteiger charge is -2.13. The molecular formula is C21H22N4O2S. The summed E-state index contributed by atoms with van der Waals surface area (Å²) in [4.78, 5) is 12.2. The molecular weight excluding hydrogens is 372 g/mol. The van der Waals surface area contributed by atoms with Crippen LogP contribution in [0.15, 0.2) is 54.1 Å². The second-order valence-electron chi connectivity index (χ2n) is 6.60. The second kappa shape index (κ2) is 7.59. The van der Waals surface area contributed by atoms with Gasteiger partial charge in [0.25, 0.3) is 0 Å². The van der Waals surface area contributed by atoms with Gasteiger partial charge in [-0.2, -0.15) is 0 Å². The quantitative estimate of drug-likeness (QED) is 0.535. The van der Waals surface area contributed by atoms with E-state index in [1.807, 2.05) is 68.1 Å². The lowest BCUT2D eigenvalue weighted by Crippen LogP contribution is -2.06. The number of hydrogen-bond donors (Lipinski definition) is 1. The number of hydrogen-bond acceptors (Lipinski definition) is 4. The average Bonchev–Trinajstić information content (AvgIpc) is 3.36. The van der Waals surface area contributed by atoms with Crippen LogP contribution in [0.1, 0.15) is 23.7 Å². The van der Waals surface area contributed by atoms with E-state index in [0.717, 1.165) is 39.3 Å². The van der Waals surface area contributed by atoms with Crippen molar-refractivity contribution in [1.29, 1.82) is 0 Å². The summed E-state index contributed by atoms with van der Waals surface area (Å²) < 4.78 is 20.7. The number of nitrogens with one attached hydrogen (secondary N) is 1. The highest BCUT2D eigenvalue weighted by Gasteiger charge is 2.16. The molecule has 0 aliphatic rings. The van der Waals surface area contributed by atoms with E-state index < -0.39 is 10.8 Å². The van der Waals surface area contributed by atoms with E-state index in [4.69, 9.17) is 4.74 Å². The highest BCUT2D eigenvalue weighted by Crippen LogP contribution is 2.26. The van der Waals surface area contributed by atoms with E-state index in [9.17, 15) is 4.21 Å². The first-order chi connectivity index (χ1) is 13.6. The van der Waals surface area contributed by atoms with E-state index >= 15 is 0 Å². The Hall–Kier alpha value is -2.93. The number of nitrogens with zero attached hydrogens (tertiary/aromatic N) is 3. The first-order valence-corrected chi connectivity index (χ1v) is 10.5. The standard InChI is InChI=1S/C21H22N4O2S/c1-4-27-20-14(2)12-22-19(15(20)3)13-28(26)21-23-17-8-7-16(11-18(17)24-21)25-9-5-6-10-25/h5-12H,4,13H2,1-3H3,(H,23,24). The molecule has 1 unspecified atom stereocenters. The number of benzene rings is 1. The van der Waals surface area contributed by atoms with Crippen LogP contribution in [0.3, 0.4) is 0 Å². The Kier molecular flexibility index (Phi) is 5.00. The molecule has 0 saturated heterocycles. The molecule has 0 spiro atoms. The molecule has 1 aromatic carbocycles. The second-order valence-corrected chi connectivity index (χ2v) is 7.97. The highest BCUT2D eigenvalue weighted by atomic mass is 32.2. The zero-order valence-corrected chi connectivity index (χ0v) is 16.9. The van der Waals surface area contributed by atoms with Crippen LogP contribution < -0.4 is 4.74 Å². The number of fused-ring (bicyclic) bond motifs is 1. The minimum atomic E-state index is -1.33. The van der Waals surface area contributed by atoms with Crippen LogP contribution in [-0.2, 0) is 16.6 Å². The maximum atomic E-state index is 12.9. The molecule has 4 aromatic rings. The Balaban J connectivity index is 1.62. The Labute approximate surface area is 166 Å². The van der Waals surface area contributed by atoms with Gasteiger partial charge in [0.1, 0.15) is 5.75 Å². The van der Waals surface area contributed by atoms with Crippen LogP contribution >= 0.6 is 0 Å². The van der Waals surface area contributed by atoms with E-state index in [1.165, 1.54) is 0 Å². The topological polar surface area (TPSA) is 72.8 Å². The third-order valence-corrected chi connectivity index (χ3v) is 5.82. The zero-order valence-electron chi connectivity index (χ0n) is 16.1. The molecule has 0 fully saturated rings. The molecule has 28 heavy (non-hydrogen) atoms. The Bertz CT molecular complexity index is 1150. The van der Waals surface area contributed by atoms with Crippen LogP contribution in [0.25, 0.3) is 16.7 Å². The average molecular weight is 395 g/mol. The van der Waals surface area contributed by atoms with E-state index in [-0.39, 0.29) is 5.75 Å². The molecule has 1 atom stereocenters. The number of rotatable bonds is 6. The van der Waals surface area contributed by atoms with Crippen molar-refractivity contribution < 1.29 is 8.95 Å². The first kappa shape index (κ1) is 18.4. The number of aromatic nitrogens is 4. The van der Waals surface area contributed by atoms with E-state index in [2.05, 4.69) is 15.0 Å². The number of imidazole rings is 1. The van der Waals surface area contributed by atoms with Crippen molar-refractivity contribution >= 4 is 21.8 Å². The molecule has 3 aromatic heterocycles. The Morgan fingerprint density at radius 3 is 2.75 bits per heavy atom. The minimum Gasteiger partial charge on any atom is -0.493 e. The van der Waals surface area contributed by atoms with Crippen molar-refractivity contribution in [2.75, 3.05) is 6.61 Å². The molecule has 0 radical (unpaired) electrons. The van der Waals surface area contributed by atoms with Crippen LogP contribution in [-0.4, -0.2) is 30.3 Å². The lowest BCUT2D eigenvalue weighted by molar-refractivity contribution is 0.334. The minimum absolute atomic E-state index is 0.288. The van der Waals surface area contributed by atoms with Gasteiger partial charge >= 0.3 is 0 Å². The number of ether oxygens (including phenoxy) is 1. The van der Waals surface area contributed by atoms with Gasteiger partial charge in [0.05, 0.1) is 39.9 Å². The van der Waals surface area contributed by atoms with Crippen LogP contribution in [0, 0.1) is 13.8 Å². The van der Waals surface area contributed by atoms with Crippen molar-refractivity contribution in [2.24, 2.45) is 0 Å². The summed E-state index contributed by atoms with van der Waals surface area (Å²) in [6.45, 7) is 6.46. The number of pyridine rings is 1. The van der Waals surface area contributed by atoms with Gasteiger partial charge in [0.15, 0.2) is 5.16 Å². The van der Waals surface area contributed by atoms with Crippen molar-refractivity contribution in [2.45, 2.75) is 31.7 Å². The molecule has 0 amide bonds. The SMILES string of the molecule is CCOc1c(C)cnc(CS(=O)c2nc3ccc(-n4cccc4)cc3[nH]2)c1C. The molecule has 144 valence electrons. The summed E-state index contributed by atoms with van der Waals surface area (Å²) in [5.74, 6) is 1.11. The lowest BCUT2D eigenvalue weighted by atomic mass is 10.1. The fourth-order valence-electron chi connectivity index (χ4n) is 3.21.